The van der Waals surface area contributed by atoms with Crippen molar-refractivity contribution in [3.05, 3.63) is 48.6 Å². The third-order valence-electron chi connectivity index (χ3n) is 13.8. The summed E-state index contributed by atoms with van der Waals surface area (Å²) in [6.07, 6.45) is 65.3. The zero-order chi connectivity index (χ0) is 53.6. The van der Waals surface area contributed by atoms with E-state index < -0.39 is 20.0 Å². The Morgan fingerprint density at radius 1 is 0.479 bits per heavy atom. The molecule has 2 N–H and O–H groups in total. The van der Waals surface area contributed by atoms with Crippen LogP contribution in [0.15, 0.2) is 48.6 Å². The largest absolute Gasteiger partial charge is 0.472 e. The number of hydrogen-bond acceptors (Lipinski definition) is 6. The first-order valence-corrected chi connectivity index (χ1v) is 32.5. The number of quaternary nitrogens is 1. The van der Waals surface area contributed by atoms with Gasteiger partial charge in [-0.2, -0.15) is 0 Å². The number of esters is 1. The second kappa shape index (κ2) is 53.4. The molecule has 10 heteroatoms. The molecule has 0 heterocycles. The molecule has 0 rings (SSSR count). The van der Waals surface area contributed by atoms with Gasteiger partial charge >= 0.3 is 13.8 Å². The fourth-order valence-electron chi connectivity index (χ4n) is 8.95. The first-order valence-electron chi connectivity index (χ1n) is 31.0. The van der Waals surface area contributed by atoms with Crippen LogP contribution < -0.4 is 5.32 Å². The Bertz CT molecular complexity index is 1390. The molecule has 0 aromatic heterocycles. The lowest BCUT2D eigenvalue weighted by atomic mass is 10.0. The SMILES string of the molecule is CCCCC/C=C\C/C=C\C/C=C\CCCCCCCCC(=O)NC(COP(=O)(O)OCC[N+](C)(C)C)C(/C=C/CCCCCCCCCCC)OC(=O)CCCCCCCCCCCCCCCCCCC. The smallest absolute Gasteiger partial charge is 0.456 e. The summed E-state index contributed by atoms with van der Waals surface area (Å²) in [5, 5.41) is 3.05. The van der Waals surface area contributed by atoms with E-state index in [1.54, 1.807) is 0 Å². The van der Waals surface area contributed by atoms with Crippen molar-refractivity contribution in [1.29, 1.82) is 0 Å². The number of amides is 1. The maximum atomic E-state index is 13.5. The van der Waals surface area contributed by atoms with Crippen molar-refractivity contribution in [1.82, 2.24) is 5.32 Å². The van der Waals surface area contributed by atoms with E-state index in [0.29, 0.717) is 23.9 Å². The number of phosphoric acid groups is 1. The average Bonchev–Trinajstić information content (AvgIpc) is 3.35. The summed E-state index contributed by atoms with van der Waals surface area (Å²) in [4.78, 5) is 37.7. The van der Waals surface area contributed by atoms with E-state index in [4.69, 9.17) is 13.8 Å². The molecule has 0 aromatic carbocycles. The van der Waals surface area contributed by atoms with Gasteiger partial charge in [-0.05, 0) is 70.3 Å². The summed E-state index contributed by atoms with van der Waals surface area (Å²) in [6.45, 7) is 6.99. The van der Waals surface area contributed by atoms with Crippen molar-refractivity contribution in [3.8, 4) is 0 Å². The number of carbonyl (C=O) groups is 2. The topological polar surface area (TPSA) is 111 Å². The van der Waals surface area contributed by atoms with Crippen molar-refractivity contribution in [2.75, 3.05) is 40.9 Å². The number of nitrogens with zero attached hydrogens (tertiary/aromatic N) is 1. The summed E-state index contributed by atoms with van der Waals surface area (Å²) in [7, 11) is 1.49. The third kappa shape index (κ3) is 54.6. The molecule has 3 unspecified atom stereocenters. The Hall–Kier alpha value is -2.03. The van der Waals surface area contributed by atoms with Crippen LogP contribution in [0.3, 0.4) is 0 Å². The number of likely N-dealkylation sites (N-methyl/N-ethyl adjacent to an activating group) is 1. The number of allylic oxidation sites excluding steroid dienone is 7. The van der Waals surface area contributed by atoms with E-state index in [1.165, 1.54) is 173 Å². The zero-order valence-electron chi connectivity index (χ0n) is 48.9. The molecule has 0 spiro atoms. The van der Waals surface area contributed by atoms with Gasteiger partial charge in [-0.3, -0.25) is 18.6 Å². The van der Waals surface area contributed by atoms with E-state index >= 15 is 0 Å². The van der Waals surface area contributed by atoms with Gasteiger partial charge in [-0.1, -0.05) is 256 Å². The minimum Gasteiger partial charge on any atom is -0.456 e. The van der Waals surface area contributed by atoms with E-state index in [9.17, 15) is 19.0 Å². The summed E-state index contributed by atoms with van der Waals surface area (Å²) in [5.41, 5.74) is 0. The van der Waals surface area contributed by atoms with Gasteiger partial charge in [0.2, 0.25) is 5.91 Å². The normalized spacial score (nSPS) is 14.0. The van der Waals surface area contributed by atoms with Crippen LogP contribution in [0.1, 0.15) is 290 Å². The predicted molar refractivity (Wildman–Crippen MR) is 314 cm³/mol. The van der Waals surface area contributed by atoms with E-state index in [0.717, 1.165) is 83.5 Å². The van der Waals surface area contributed by atoms with Gasteiger partial charge in [0, 0.05) is 12.8 Å². The number of hydrogen-bond donors (Lipinski definition) is 2. The molecule has 0 saturated carbocycles. The molecular weight excluding hydrogens is 928 g/mol. The van der Waals surface area contributed by atoms with Crippen LogP contribution in [-0.4, -0.2) is 74.3 Å². The molecule has 0 fully saturated rings. The lowest BCUT2D eigenvalue weighted by Gasteiger charge is -2.27. The number of unbranched alkanes of at least 4 members (excludes halogenated alkanes) is 34. The maximum Gasteiger partial charge on any atom is 0.472 e. The molecule has 0 aromatic rings. The average molecular weight is 1050 g/mol. The molecule has 73 heavy (non-hydrogen) atoms. The fraction of sp³-hybridized carbons (Fsp3) is 0.841. The Labute approximate surface area is 452 Å². The third-order valence-corrected chi connectivity index (χ3v) is 14.8. The maximum absolute atomic E-state index is 13.5. The molecule has 428 valence electrons. The molecule has 0 bridgehead atoms. The summed E-state index contributed by atoms with van der Waals surface area (Å²) >= 11 is 0. The van der Waals surface area contributed by atoms with Crippen LogP contribution in [0.25, 0.3) is 0 Å². The van der Waals surface area contributed by atoms with Gasteiger partial charge < -0.3 is 19.4 Å². The quantitative estimate of drug-likeness (QED) is 0.0205. The van der Waals surface area contributed by atoms with Gasteiger partial charge in [0.05, 0.1) is 33.8 Å². The number of carbonyl (C=O) groups excluding carboxylic acids is 2. The molecule has 0 aliphatic rings. The highest BCUT2D eigenvalue weighted by molar-refractivity contribution is 7.47. The number of ether oxygens (including phenoxy) is 1. The molecule has 3 atom stereocenters. The minimum atomic E-state index is -4.45. The van der Waals surface area contributed by atoms with Crippen LogP contribution in [0.5, 0.6) is 0 Å². The Balaban J connectivity index is 5.24. The predicted octanol–water partition coefficient (Wildman–Crippen LogP) is 18.9. The van der Waals surface area contributed by atoms with E-state index in [2.05, 4.69) is 62.5 Å². The Kier molecular flexibility index (Phi) is 51.9. The zero-order valence-corrected chi connectivity index (χ0v) is 49.8. The molecule has 0 radical (unpaired) electrons. The second-order valence-corrected chi connectivity index (χ2v) is 23.7. The number of nitrogens with one attached hydrogen (secondary N) is 1. The van der Waals surface area contributed by atoms with Crippen LogP contribution in [0.4, 0.5) is 0 Å². The molecule has 0 saturated heterocycles. The standard InChI is InChI=1S/C63H119N2O7P/c1-7-10-13-16-19-22-25-27-29-31-32-34-35-37-40-43-46-49-52-55-62(66)64-60(59-71-73(68,69)70-58-57-65(4,5)6)61(54-51-48-45-42-39-24-21-18-15-12-9-3)72-63(67)56-53-50-47-44-41-38-36-33-30-28-26-23-20-17-14-11-8-2/h19,22,27,29,32,34,51,54,60-61H,7-18,20-21,23-26,28,30-31,33,35-50,52-53,55-59H2,1-6H3,(H-,64,66,68,69)/p+1/b22-19-,29-27-,34-32-,54-51+. The molecule has 0 aliphatic carbocycles. The fourth-order valence-corrected chi connectivity index (χ4v) is 9.68. The van der Waals surface area contributed by atoms with Crippen LogP contribution in [0, 0.1) is 0 Å². The van der Waals surface area contributed by atoms with Crippen LogP contribution >= 0.6 is 7.82 Å². The number of rotatable bonds is 56. The highest BCUT2D eigenvalue weighted by Crippen LogP contribution is 2.43. The van der Waals surface area contributed by atoms with Crippen molar-refractivity contribution >= 4 is 19.7 Å². The summed E-state index contributed by atoms with van der Waals surface area (Å²) in [5.74, 6) is -0.510. The first kappa shape index (κ1) is 71.0. The summed E-state index contributed by atoms with van der Waals surface area (Å²) in [6, 6.07) is -0.852. The molecular formula is C63H120N2O7P+. The van der Waals surface area contributed by atoms with Crippen LogP contribution in [-0.2, 0) is 27.9 Å². The monoisotopic (exact) mass is 1050 g/mol. The van der Waals surface area contributed by atoms with E-state index in [1.807, 2.05) is 33.3 Å². The molecule has 0 aliphatic heterocycles. The minimum absolute atomic E-state index is 0.0383. The lowest BCUT2D eigenvalue weighted by molar-refractivity contribution is -0.870. The van der Waals surface area contributed by atoms with E-state index in [-0.39, 0.29) is 25.1 Å². The summed E-state index contributed by atoms with van der Waals surface area (Å²) < 4.78 is 30.7. The Morgan fingerprint density at radius 3 is 1.27 bits per heavy atom. The van der Waals surface area contributed by atoms with Crippen molar-refractivity contribution in [2.45, 2.75) is 303 Å². The molecule has 9 nitrogen and oxygen atoms in total. The highest BCUT2D eigenvalue weighted by atomic mass is 31.2. The van der Waals surface area contributed by atoms with Crippen molar-refractivity contribution in [3.63, 3.8) is 0 Å². The Morgan fingerprint density at radius 2 is 0.836 bits per heavy atom. The molecule has 1 amide bonds. The van der Waals surface area contributed by atoms with Gasteiger partial charge in [0.15, 0.2) is 0 Å². The highest BCUT2D eigenvalue weighted by Gasteiger charge is 2.30. The second-order valence-electron chi connectivity index (χ2n) is 22.2. The lowest BCUT2D eigenvalue weighted by Crippen LogP contribution is -2.47. The van der Waals surface area contributed by atoms with Gasteiger partial charge in [-0.15, -0.1) is 0 Å². The first-order chi connectivity index (χ1) is 35.4. The van der Waals surface area contributed by atoms with Gasteiger partial charge in [0.1, 0.15) is 19.3 Å². The number of phosphoric ester groups is 1. The van der Waals surface area contributed by atoms with Gasteiger partial charge in [-0.25, -0.2) is 4.57 Å². The van der Waals surface area contributed by atoms with Crippen molar-refractivity contribution < 1.29 is 37.3 Å². The van der Waals surface area contributed by atoms with Crippen LogP contribution in [0.2, 0.25) is 0 Å². The van der Waals surface area contributed by atoms with Crippen molar-refractivity contribution in [2.24, 2.45) is 0 Å². The van der Waals surface area contributed by atoms with Gasteiger partial charge in [0.25, 0.3) is 0 Å².